The van der Waals surface area contributed by atoms with E-state index in [1.807, 2.05) is 0 Å². The second-order valence-corrected chi connectivity index (χ2v) is 10.6. The van der Waals surface area contributed by atoms with Crippen LogP contribution in [0.25, 0.3) is 0 Å². The summed E-state index contributed by atoms with van der Waals surface area (Å²) in [7, 11) is 0. The highest BCUT2D eigenvalue weighted by molar-refractivity contribution is 6.34. The van der Waals surface area contributed by atoms with Crippen LogP contribution in [0, 0.1) is 0 Å². The van der Waals surface area contributed by atoms with E-state index in [2.05, 4.69) is 22.6 Å². The van der Waals surface area contributed by atoms with Crippen molar-refractivity contribution in [3.05, 3.63) is 51.3 Å². The highest BCUT2D eigenvalue weighted by atomic mass is 35.5. The van der Waals surface area contributed by atoms with Crippen molar-refractivity contribution in [2.24, 2.45) is 0 Å². The predicted molar refractivity (Wildman–Crippen MR) is 129 cm³/mol. The number of fused-ring (bicyclic) bond motifs is 3. The number of hydrogen-bond acceptors (Lipinski definition) is 4. The Bertz CT molecular complexity index is 968. The predicted octanol–water partition coefficient (Wildman–Crippen LogP) is 6.20. The van der Waals surface area contributed by atoms with Crippen molar-refractivity contribution in [2.75, 3.05) is 6.54 Å². The van der Waals surface area contributed by atoms with Gasteiger partial charge in [0.05, 0.1) is 24.0 Å². The number of rotatable bonds is 4. The summed E-state index contributed by atoms with van der Waals surface area (Å²) >= 11 is 12.1. The SMILES string of the molecule is CC(c1cc2n(n1)CCCN(C(=O)OCc1cc(Cl)cc(Cl)c1)C2)N1C2CCCC1CCC2. The molecule has 33 heavy (non-hydrogen) atoms. The summed E-state index contributed by atoms with van der Waals surface area (Å²) < 4.78 is 7.67. The van der Waals surface area contributed by atoms with Crippen molar-refractivity contribution < 1.29 is 9.53 Å². The Hall–Kier alpha value is -1.76. The van der Waals surface area contributed by atoms with E-state index < -0.39 is 0 Å². The Kier molecular flexibility index (Phi) is 6.86. The molecule has 2 fully saturated rings. The van der Waals surface area contributed by atoms with E-state index >= 15 is 0 Å². The second kappa shape index (κ2) is 9.85. The topological polar surface area (TPSA) is 50.6 Å². The number of aryl methyl sites for hydroxylation is 1. The average molecular weight is 491 g/mol. The van der Waals surface area contributed by atoms with Gasteiger partial charge < -0.3 is 9.64 Å². The number of nitrogens with zero attached hydrogens (tertiary/aromatic N) is 4. The molecule has 3 aliphatic rings. The number of aromatic nitrogens is 2. The lowest BCUT2D eigenvalue weighted by molar-refractivity contribution is 0.00543. The smallest absolute Gasteiger partial charge is 0.410 e. The van der Waals surface area contributed by atoms with Crippen molar-refractivity contribution in [3.8, 4) is 0 Å². The maximum atomic E-state index is 12.8. The van der Waals surface area contributed by atoms with Gasteiger partial charge in [0, 0.05) is 35.2 Å². The molecule has 0 radical (unpaired) electrons. The second-order valence-electron chi connectivity index (χ2n) is 9.68. The van der Waals surface area contributed by atoms with Gasteiger partial charge in [-0.1, -0.05) is 36.0 Å². The quantitative estimate of drug-likeness (QED) is 0.511. The van der Waals surface area contributed by atoms with Crippen LogP contribution in [0.1, 0.15) is 74.9 Å². The third-order valence-corrected chi connectivity index (χ3v) is 7.88. The van der Waals surface area contributed by atoms with Crippen molar-refractivity contribution in [1.82, 2.24) is 19.6 Å². The van der Waals surface area contributed by atoms with Crippen LogP contribution in [0.2, 0.25) is 10.0 Å². The molecule has 2 bridgehead atoms. The molecule has 1 aromatic carbocycles. The van der Waals surface area contributed by atoms with Crippen molar-refractivity contribution in [1.29, 1.82) is 0 Å². The zero-order chi connectivity index (χ0) is 22.9. The van der Waals surface area contributed by atoms with E-state index in [1.165, 1.54) is 38.5 Å². The van der Waals surface area contributed by atoms with Crippen LogP contribution in [0.15, 0.2) is 24.3 Å². The van der Waals surface area contributed by atoms with Crippen LogP contribution >= 0.6 is 23.2 Å². The van der Waals surface area contributed by atoms with E-state index in [9.17, 15) is 4.79 Å². The molecule has 4 heterocycles. The molecule has 6 nitrogen and oxygen atoms in total. The summed E-state index contributed by atoms with van der Waals surface area (Å²) in [4.78, 5) is 17.3. The molecule has 0 aliphatic carbocycles. The molecule has 0 saturated carbocycles. The van der Waals surface area contributed by atoms with Gasteiger partial charge in [-0.25, -0.2) is 4.79 Å². The molecule has 3 aliphatic heterocycles. The number of piperidine rings is 2. The number of halogens is 2. The van der Waals surface area contributed by atoms with Crippen LogP contribution in [-0.2, 0) is 24.4 Å². The molecular formula is C25H32Cl2N4O2. The highest BCUT2D eigenvalue weighted by Crippen LogP contribution is 2.39. The Morgan fingerprint density at radius 1 is 1.03 bits per heavy atom. The summed E-state index contributed by atoms with van der Waals surface area (Å²) in [5.74, 6) is 0. The number of ether oxygens (including phenoxy) is 1. The van der Waals surface area contributed by atoms with E-state index in [0.29, 0.717) is 41.3 Å². The zero-order valence-electron chi connectivity index (χ0n) is 19.2. The largest absolute Gasteiger partial charge is 0.445 e. The Morgan fingerprint density at radius 2 is 1.70 bits per heavy atom. The van der Waals surface area contributed by atoms with Gasteiger partial charge in [0.25, 0.3) is 0 Å². The van der Waals surface area contributed by atoms with Crippen molar-refractivity contribution in [3.63, 3.8) is 0 Å². The number of carbonyl (C=O) groups is 1. The van der Waals surface area contributed by atoms with E-state index in [1.54, 1.807) is 23.1 Å². The summed E-state index contributed by atoms with van der Waals surface area (Å²) in [5, 5.41) is 6.05. The maximum Gasteiger partial charge on any atom is 0.410 e. The molecule has 2 saturated heterocycles. The molecule has 1 amide bonds. The minimum absolute atomic E-state index is 0.148. The molecule has 0 N–H and O–H groups in total. The first-order valence-corrected chi connectivity index (χ1v) is 12.9. The van der Waals surface area contributed by atoms with Crippen LogP contribution in [0.5, 0.6) is 0 Å². The first-order chi connectivity index (χ1) is 16.0. The molecule has 1 atom stereocenters. The molecular weight excluding hydrogens is 459 g/mol. The third-order valence-electron chi connectivity index (χ3n) is 7.44. The van der Waals surface area contributed by atoms with Gasteiger partial charge in [0.15, 0.2) is 0 Å². The Labute approximate surface area is 205 Å². The molecule has 8 heteroatoms. The van der Waals surface area contributed by atoms with Gasteiger partial charge in [-0.3, -0.25) is 9.58 Å². The monoisotopic (exact) mass is 490 g/mol. The molecule has 0 spiro atoms. The number of benzene rings is 1. The molecule has 2 aromatic rings. The third kappa shape index (κ3) is 5.03. The van der Waals surface area contributed by atoms with Gasteiger partial charge in [-0.2, -0.15) is 5.10 Å². The fourth-order valence-corrected chi connectivity index (χ4v) is 6.49. The van der Waals surface area contributed by atoms with Gasteiger partial charge in [0.2, 0.25) is 0 Å². The lowest BCUT2D eigenvalue weighted by Gasteiger charge is -2.48. The highest BCUT2D eigenvalue weighted by Gasteiger charge is 2.38. The number of amides is 1. The Morgan fingerprint density at radius 3 is 2.36 bits per heavy atom. The van der Waals surface area contributed by atoms with Crippen LogP contribution < -0.4 is 0 Å². The summed E-state index contributed by atoms with van der Waals surface area (Å²) in [6, 6.07) is 9.11. The standard InChI is InChI=1S/C25H32Cl2N4O2/c1-17(31-21-5-2-6-22(31)8-3-7-21)24-14-23-15-29(9-4-10-30(23)28-24)25(32)33-16-18-11-19(26)13-20(27)12-18/h11-14,17,21-22H,2-10,15-16H2,1H3. The molecule has 1 unspecified atom stereocenters. The first kappa shape index (κ1) is 23.0. The fourth-order valence-electron chi connectivity index (χ4n) is 5.92. The normalized spacial score (nSPS) is 24.2. The van der Waals surface area contributed by atoms with Crippen LogP contribution in [0.4, 0.5) is 4.79 Å². The van der Waals surface area contributed by atoms with Gasteiger partial charge in [0.1, 0.15) is 6.61 Å². The number of hydrogen-bond donors (Lipinski definition) is 0. The van der Waals surface area contributed by atoms with Crippen molar-refractivity contribution in [2.45, 2.75) is 89.7 Å². The molecule has 178 valence electrons. The lowest BCUT2D eigenvalue weighted by atomic mass is 9.83. The maximum absolute atomic E-state index is 12.8. The summed E-state index contributed by atoms with van der Waals surface area (Å²) in [6.07, 6.45) is 8.50. The van der Waals surface area contributed by atoms with Gasteiger partial charge in [-0.15, -0.1) is 0 Å². The number of carbonyl (C=O) groups excluding carboxylic acids is 1. The fraction of sp³-hybridized carbons (Fsp3) is 0.600. The van der Waals surface area contributed by atoms with E-state index in [4.69, 9.17) is 33.0 Å². The van der Waals surface area contributed by atoms with Gasteiger partial charge >= 0.3 is 6.09 Å². The molecule has 5 rings (SSSR count). The minimum Gasteiger partial charge on any atom is -0.445 e. The van der Waals surface area contributed by atoms with Gasteiger partial charge in [-0.05, 0) is 68.9 Å². The van der Waals surface area contributed by atoms with E-state index in [0.717, 1.165) is 29.9 Å². The molecule has 1 aromatic heterocycles. The van der Waals surface area contributed by atoms with Crippen molar-refractivity contribution >= 4 is 29.3 Å². The van der Waals surface area contributed by atoms with Crippen LogP contribution in [0.3, 0.4) is 0 Å². The lowest BCUT2D eigenvalue weighted by Crippen LogP contribution is -2.50. The minimum atomic E-state index is -0.319. The summed E-state index contributed by atoms with van der Waals surface area (Å²) in [5.41, 5.74) is 3.00. The average Bonchev–Trinajstić information content (AvgIpc) is 3.07. The van der Waals surface area contributed by atoms with Crippen LogP contribution in [-0.4, -0.2) is 44.3 Å². The zero-order valence-corrected chi connectivity index (χ0v) is 20.7. The van der Waals surface area contributed by atoms with E-state index in [-0.39, 0.29) is 12.7 Å². The Balaban J connectivity index is 1.26. The first-order valence-electron chi connectivity index (χ1n) is 12.2. The summed E-state index contributed by atoms with van der Waals surface area (Å²) in [6.45, 7) is 4.44.